The van der Waals surface area contributed by atoms with Gasteiger partial charge in [-0.05, 0) is 57.1 Å². The molecule has 3 amide bonds. The average molecular weight is 490 g/mol. The van der Waals surface area contributed by atoms with E-state index < -0.39 is 60.2 Å². The monoisotopic (exact) mass is 489 g/mol. The lowest BCUT2D eigenvalue weighted by Crippen LogP contribution is -2.56. The molecule has 13 heteroatoms. The Morgan fingerprint density at radius 1 is 1.09 bits per heavy atom. The van der Waals surface area contributed by atoms with Gasteiger partial charge in [0.2, 0.25) is 17.7 Å². The highest BCUT2D eigenvalue weighted by molar-refractivity contribution is 7.98. The molecule has 33 heavy (non-hydrogen) atoms. The Morgan fingerprint density at radius 2 is 1.79 bits per heavy atom. The van der Waals surface area contributed by atoms with Crippen LogP contribution in [0.15, 0.2) is 0 Å². The summed E-state index contributed by atoms with van der Waals surface area (Å²) in [4.78, 5) is 61.9. The van der Waals surface area contributed by atoms with Gasteiger partial charge in [0.1, 0.15) is 18.1 Å². The largest absolute Gasteiger partial charge is 0.481 e. The van der Waals surface area contributed by atoms with Crippen molar-refractivity contribution in [3.05, 3.63) is 0 Å². The minimum atomic E-state index is -1.27. The number of nitrogens with zero attached hydrogens (tertiary/aromatic N) is 1. The third-order valence-electron chi connectivity index (χ3n) is 5.36. The molecule has 188 valence electrons. The number of carbonyl (C=O) groups excluding carboxylic acids is 3. The van der Waals surface area contributed by atoms with Crippen LogP contribution in [0, 0.1) is 0 Å². The van der Waals surface area contributed by atoms with E-state index in [-0.39, 0.29) is 19.4 Å². The van der Waals surface area contributed by atoms with Gasteiger partial charge in [0, 0.05) is 6.54 Å². The molecule has 4 atom stereocenters. The van der Waals surface area contributed by atoms with Gasteiger partial charge in [0.05, 0.1) is 12.5 Å². The van der Waals surface area contributed by atoms with Gasteiger partial charge < -0.3 is 37.2 Å². The molecule has 0 aromatic carbocycles. The van der Waals surface area contributed by atoms with Gasteiger partial charge in [-0.1, -0.05) is 0 Å². The summed E-state index contributed by atoms with van der Waals surface area (Å²) in [5.41, 5.74) is 11.2. The van der Waals surface area contributed by atoms with Crippen LogP contribution >= 0.6 is 11.8 Å². The molecule has 8 N–H and O–H groups in total. The van der Waals surface area contributed by atoms with Gasteiger partial charge in [0.25, 0.3) is 0 Å². The van der Waals surface area contributed by atoms with E-state index in [1.807, 2.05) is 6.26 Å². The lowest BCUT2D eigenvalue weighted by Gasteiger charge is -2.28. The molecule has 0 aromatic heterocycles. The minimum absolute atomic E-state index is 0.234. The zero-order chi connectivity index (χ0) is 25.0. The van der Waals surface area contributed by atoms with Gasteiger partial charge in [-0.3, -0.25) is 19.2 Å². The Balaban J connectivity index is 2.89. The molecule has 4 unspecified atom stereocenters. The van der Waals surface area contributed by atoms with Crippen LogP contribution in [0.2, 0.25) is 0 Å². The Kier molecular flexibility index (Phi) is 12.8. The fraction of sp³-hybridized carbons (Fsp3) is 0.750. The smallest absolute Gasteiger partial charge is 0.326 e. The highest BCUT2D eigenvalue weighted by atomic mass is 32.2. The van der Waals surface area contributed by atoms with Crippen LogP contribution in [-0.2, 0) is 24.0 Å². The van der Waals surface area contributed by atoms with E-state index in [1.165, 1.54) is 16.7 Å². The maximum Gasteiger partial charge on any atom is 0.326 e. The molecule has 0 bridgehead atoms. The number of rotatable bonds is 15. The molecule has 0 radical (unpaired) electrons. The number of amides is 3. The number of nitrogens with one attached hydrogen (secondary N) is 2. The van der Waals surface area contributed by atoms with Gasteiger partial charge in [-0.2, -0.15) is 11.8 Å². The normalized spacial score (nSPS) is 18.3. The van der Waals surface area contributed by atoms with Crippen molar-refractivity contribution in [1.29, 1.82) is 0 Å². The predicted octanol–water partition coefficient (Wildman–Crippen LogP) is -1.28. The quantitative estimate of drug-likeness (QED) is 0.150. The molecule has 0 aromatic rings. The Hall–Kier alpha value is -2.38. The highest BCUT2D eigenvalue weighted by Crippen LogP contribution is 2.19. The third kappa shape index (κ3) is 9.56. The van der Waals surface area contributed by atoms with E-state index in [4.69, 9.17) is 16.6 Å². The minimum Gasteiger partial charge on any atom is -0.481 e. The van der Waals surface area contributed by atoms with Gasteiger partial charge in [-0.15, -0.1) is 0 Å². The summed E-state index contributed by atoms with van der Waals surface area (Å²) in [6.07, 6.45) is 3.79. The molecule has 12 nitrogen and oxygen atoms in total. The summed E-state index contributed by atoms with van der Waals surface area (Å²) in [5, 5.41) is 23.4. The fourth-order valence-corrected chi connectivity index (χ4v) is 4.06. The molecule has 0 spiro atoms. The first kappa shape index (κ1) is 28.7. The molecule has 1 aliphatic rings. The number of unbranched alkanes of at least 4 members (excludes halogenated alkanes) is 1. The maximum atomic E-state index is 13.0. The van der Waals surface area contributed by atoms with Crippen LogP contribution in [0.5, 0.6) is 0 Å². The number of aliphatic carboxylic acids is 2. The van der Waals surface area contributed by atoms with E-state index in [9.17, 15) is 29.1 Å². The van der Waals surface area contributed by atoms with Gasteiger partial charge in [0.15, 0.2) is 0 Å². The van der Waals surface area contributed by atoms with Crippen molar-refractivity contribution < 1.29 is 34.2 Å². The number of nitrogens with two attached hydrogens (primary N) is 2. The van der Waals surface area contributed by atoms with Gasteiger partial charge in [-0.25, -0.2) is 4.79 Å². The number of carbonyl (C=O) groups is 5. The molecular formula is C20H35N5O7S. The van der Waals surface area contributed by atoms with E-state index >= 15 is 0 Å². The van der Waals surface area contributed by atoms with Crippen LogP contribution in [0.25, 0.3) is 0 Å². The number of carboxylic acids is 2. The fourth-order valence-electron chi connectivity index (χ4n) is 3.59. The summed E-state index contributed by atoms with van der Waals surface area (Å²) in [6, 6.07) is -4.23. The van der Waals surface area contributed by atoms with E-state index in [0.717, 1.165) is 0 Å². The second-order valence-corrected chi connectivity index (χ2v) is 8.91. The average Bonchev–Trinajstić information content (AvgIpc) is 3.24. The first-order chi connectivity index (χ1) is 15.6. The molecular weight excluding hydrogens is 454 g/mol. The first-order valence-electron chi connectivity index (χ1n) is 10.9. The topological polar surface area (TPSA) is 205 Å². The lowest BCUT2D eigenvalue weighted by molar-refractivity contribution is -0.144. The summed E-state index contributed by atoms with van der Waals surface area (Å²) in [5.74, 6) is -3.66. The van der Waals surface area contributed by atoms with Crippen molar-refractivity contribution in [2.75, 3.05) is 25.1 Å². The summed E-state index contributed by atoms with van der Waals surface area (Å²) in [7, 11) is 0. The van der Waals surface area contributed by atoms with Crippen molar-refractivity contribution >= 4 is 41.4 Å². The van der Waals surface area contributed by atoms with Crippen molar-refractivity contribution in [1.82, 2.24) is 15.5 Å². The Labute approximate surface area is 197 Å². The van der Waals surface area contributed by atoms with Crippen LogP contribution in [-0.4, -0.2) is 94.0 Å². The van der Waals surface area contributed by atoms with Gasteiger partial charge >= 0.3 is 11.9 Å². The SMILES string of the molecule is CSCCC(NC(=O)C(CCCCN)NC(=O)C1CCCN1C(=O)C(N)CC(=O)O)C(=O)O. The molecule has 0 saturated carbocycles. The Bertz CT molecular complexity index is 708. The zero-order valence-corrected chi connectivity index (χ0v) is 19.6. The van der Waals surface area contributed by atoms with Crippen LogP contribution < -0.4 is 22.1 Å². The van der Waals surface area contributed by atoms with Crippen molar-refractivity contribution in [3.63, 3.8) is 0 Å². The molecule has 1 heterocycles. The predicted molar refractivity (Wildman–Crippen MR) is 122 cm³/mol. The van der Waals surface area contributed by atoms with Crippen LogP contribution in [0.4, 0.5) is 0 Å². The van der Waals surface area contributed by atoms with Crippen molar-refractivity contribution in [2.45, 2.75) is 69.1 Å². The molecule has 1 fully saturated rings. The lowest BCUT2D eigenvalue weighted by atomic mass is 10.1. The van der Waals surface area contributed by atoms with E-state index in [1.54, 1.807) is 0 Å². The van der Waals surface area contributed by atoms with E-state index in [0.29, 0.717) is 38.0 Å². The summed E-state index contributed by atoms with van der Waals surface area (Å²) in [6.45, 7) is 0.657. The van der Waals surface area contributed by atoms with E-state index in [2.05, 4.69) is 10.6 Å². The molecule has 1 saturated heterocycles. The highest BCUT2D eigenvalue weighted by Gasteiger charge is 2.38. The standard InChI is InChI=1S/C20H35N5O7S/c1-33-10-7-14(20(31)32)24-17(28)13(5-2-3-8-21)23-18(29)15-6-4-9-25(15)19(30)12(22)11-16(26)27/h12-15H,2-11,21-22H2,1H3,(H,23,29)(H,24,28)(H,26,27)(H,31,32). The maximum absolute atomic E-state index is 13.0. The first-order valence-corrected chi connectivity index (χ1v) is 12.3. The second kappa shape index (κ2) is 14.7. The van der Waals surface area contributed by atoms with Crippen LogP contribution in [0.3, 0.4) is 0 Å². The zero-order valence-electron chi connectivity index (χ0n) is 18.8. The Morgan fingerprint density at radius 3 is 2.36 bits per heavy atom. The van der Waals surface area contributed by atoms with Crippen molar-refractivity contribution in [3.8, 4) is 0 Å². The number of likely N-dealkylation sites (tertiary alicyclic amines) is 1. The molecule has 1 rings (SSSR count). The summed E-state index contributed by atoms with van der Waals surface area (Å²) < 4.78 is 0. The molecule has 1 aliphatic heterocycles. The molecule has 0 aliphatic carbocycles. The number of thioether (sulfide) groups is 1. The third-order valence-corrected chi connectivity index (χ3v) is 6.00. The number of carboxylic acid groups (broad SMARTS) is 2. The van der Waals surface area contributed by atoms with Crippen molar-refractivity contribution in [2.24, 2.45) is 11.5 Å². The van der Waals surface area contributed by atoms with Crippen LogP contribution in [0.1, 0.15) is 44.9 Å². The number of hydrogen-bond donors (Lipinski definition) is 6. The summed E-state index contributed by atoms with van der Waals surface area (Å²) >= 11 is 1.45. The second-order valence-electron chi connectivity index (χ2n) is 7.92. The number of hydrogen-bond acceptors (Lipinski definition) is 8.